The van der Waals surface area contributed by atoms with Gasteiger partial charge in [-0.15, -0.1) is 0 Å². The van der Waals surface area contributed by atoms with Crippen LogP contribution in [0.4, 0.5) is 0 Å². The second-order valence-electron chi connectivity index (χ2n) is 4.57. The van der Waals surface area contributed by atoms with Crippen LogP contribution in [0.5, 0.6) is 0 Å². The molecule has 1 aromatic carbocycles. The molecule has 0 radical (unpaired) electrons. The minimum absolute atomic E-state index is 0.0190. The number of aliphatic hydroxyl groups excluding tert-OH is 1. The maximum Gasteiger partial charge on any atom is 0.0617 e. The van der Waals surface area contributed by atoms with E-state index >= 15 is 0 Å². The van der Waals surface area contributed by atoms with Crippen molar-refractivity contribution < 1.29 is 5.11 Å². The zero-order valence-corrected chi connectivity index (χ0v) is 9.12. The molecule has 0 aliphatic carbocycles. The molecule has 0 saturated heterocycles. The van der Waals surface area contributed by atoms with E-state index in [1.807, 2.05) is 37.3 Å². The minimum atomic E-state index is -0.603. The van der Waals surface area contributed by atoms with Gasteiger partial charge in [0.05, 0.1) is 6.61 Å². The monoisotopic (exact) mass is 193 g/mol. The normalized spacial score (nSPS) is 16.4. The molecule has 0 aliphatic rings. The Bertz CT molecular complexity index is 290. The Morgan fingerprint density at radius 3 is 2.07 bits per heavy atom. The van der Waals surface area contributed by atoms with Gasteiger partial charge >= 0.3 is 0 Å². The summed E-state index contributed by atoms with van der Waals surface area (Å²) in [5.74, 6) is 0. The van der Waals surface area contributed by atoms with E-state index in [0.29, 0.717) is 0 Å². The van der Waals surface area contributed by atoms with Crippen molar-refractivity contribution in [1.82, 2.24) is 0 Å². The molecule has 0 spiro atoms. The van der Waals surface area contributed by atoms with Crippen LogP contribution in [0.3, 0.4) is 0 Å². The van der Waals surface area contributed by atoms with Crippen LogP contribution >= 0.6 is 0 Å². The molecule has 2 heteroatoms. The predicted octanol–water partition coefficient (Wildman–Crippen LogP) is 1.67. The highest BCUT2D eigenvalue weighted by molar-refractivity contribution is 5.28. The smallest absolute Gasteiger partial charge is 0.0617 e. The van der Waals surface area contributed by atoms with Gasteiger partial charge in [0.25, 0.3) is 0 Å². The van der Waals surface area contributed by atoms with Gasteiger partial charge in [-0.25, -0.2) is 0 Å². The van der Waals surface area contributed by atoms with E-state index < -0.39 is 5.54 Å². The van der Waals surface area contributed by atoms with Gasteiger partial charge in [0, 0.05) is 11.0 Å². The SMILES string of the molecule is CC(N)(CO)C(C)(C)c1ccccc1. The van der Waals surface area contributed by atoms with Crippen LogP contribution in [0.25, 0.3) is 0 Å². The summed E-state index contributed by atoms with van der Waals surface area (Å²) >= 11 is 0. The van der Waals surface area contributed by atoms with E-state index in [1.165, 1.54) is 0 Å². The predicted molar refractivity (Wildman–Crippen MR) is 59.1 cm³/mol. The Balaban J connectivity index is 3.08. The zero-order chi connectivity index (χ0) is 10.8. The van der Waals surface area contributed by atoms with Gasteiger partial charge in [-0.05, 0) is 12.5 Å². The van der Waals surface area contributed by atoms with Crippen molar-refractivity contribution in [3.63, 3.8) is 0 Å². The number of benzene rings is 1. The maximum absolute atomic E-state index is 9.27. The maximum atomic E-state index is 9.27. The van der Waals surface area contributed by atoms with Crippen molar-refractivity contribution >= 4 is 0 Å². The van der Waals surface area contributed by atoms with Crippen LogP contribution in [0, 0.1) is 0 Å². The Morgan fingerprint density at radius 1 is 1.14 bits per heavy atom. The Kier molecular flexibility index (Phi) is 2.98. The van der Waals surface area contributed by atoms with E-state index in [4.69, 9.17) is 5.73 Å². The van der Waals surface area contributed by atoms with Gasteiger partial charge in [-0.3, -0.25) is 0 Å². The van der Waals surface area contributed by atoms with Gasteiger partial charge in [-0.2, -0.15) is 0 Å². The molecule has 0 amide bonds. The number of hydrogen-bond donors (Lipinski definition) is 2. The van der Waals surface area contributed by atoms with Gasteiger partial charge in [-0.1, -0.05) is 44.2 Å². The zero-order valence-electron chi connectivity index (χ0n) is 9.12. The van der Waals surface area contributed by atoms with Crippen molar-refractivity contribution in [2.45, 2.75) is 31.7 Å². The second-order valence-corrected chi connectivity index (χ2v) is 4.57. The molecule has 14 heavy (non-hydrogen) atoms. The summed E-state index contributed by atoms with van der Waals surface area (Å²) in [7, 11) is 0. The molecule has 2 nitrogen and oxygen atoms in total. The summed E-state index contributed by atoms with van der Waals surface area (Å²) in [5.41, 5.74) is 6.39. The van der Waals surface area contributed by atoms with E-state index in [9.17, 15) is 5.11 Å². The van der Waals surface area contributed by atoms with Crippen LogP contribution in [-0.4, -0.2) is 17.3 Å². The Hall–Kier alpha value is -0.860. The van der Waals surface area contributed by atoms with Crippen LogP contribution in [-0.2, 0) is 5.41 Å². The average molecular weight is 193 g/mol. The average Bonchev–Trinajstić information content (AvgIpc) is 2.19. The fourth-order valence-electron chi connectivity index (χ4n) is 1.38. The Labute approximate surface area is 85.8 Å². The summed E-state index contributed by atoms with van der Waals surface area (Å²) < 4.78 is 0. The molecular formula is C12H19NO. The highest BCUT2D eigenvalue weighted by Crippen LogP contribution is 2.32. The summed E-state index contributed by atoms with van der Waals surface area (Å²) in [6.45, 7) is 5.96. The molecule has 78 valence electrons. The van der Waals surface area contributed by atoms with Gasteiger partial charge < -0.3 is 10.8 Å². The van der Waals surface area contributed by atoms with E-state index in [-0.39, 0.29) is 12.0 Å². The van der Waals surface area contributed by atoms with Crippen molar-refractivity contribution in [2.24, 2.45) is 5.73 Å². The van der Waals surface area contributed by atoms with Crippen molar-refractivity contribution in [1.29, 1.82) is 0 Å². The molecule has 1 aromatic rings. The second kappa shape index (κ2) is 3.71. The molecule has 1 atom stereocenters. The number of nitrogens with two attached hydrogens (primary N) is 1. The molecule has 0 aromatic heterocycles. The highest BCUT2D eigenvalue weighted by atomic mass is 16.3. The third-order valence-electron chi connectivity index (χ3n) is 3.25. The van der Waals surface area contributed by atoms with Gasteiger partial charge in [0.2, 0.25) is 0 Å². The fraction of sp³-hybridized carbons (Fsp3) is 0.500. The molecule has 0 bridgehead atoms. The lowest BCUT2D eigenvalue weighted by Gasteiger charge is -2.40. The van der Waals surface area contributed by atoms with Crippen molar-refractivity contribution in [3.8, 4) is 0 Å². The molecule has 3 N–H and O–H groups in total. The Morgan fingerprint density at radius 2 is 1.64 bits per heavy atom. The standard InChI is InChI=1S/C12H19NO/c1-11(2,12(3,13)9-14)10-7-5-4-6-8-10/h4-8,14H,9,13H2,1-3H3. The molecule has 0 fully saturated rings. The minimum Gasteiger partial charge on any atom is -0.394 e. The molecule has 0 heterocycles. The third kappa shape index (κ3) is 1.81. The molecule has 0 aliphatic heterocycles. The third-order valence-corrected chi connectivity index (χ3v) is 3.25. The lowest BCUT2D eigenvalue weighted by atomic mass is 9.70. The highest BCUT2D eigenvalue weighted by Gasteiger charge is 2.38. The van der Waals surface area contributed by atoms with Crippen LogP contribution in [0.15, 0.2) is 30.3 Å². The van der Waals surface area contributed by atoms with Crippen LogP contribution in [0.1, 0.15) is 26.3 Å². The lowest BCUT2D eigenvalue weighted by Crippen LogP contribution is -2.55. The molecule has 1 rings (SSSR count). The topological polar surface area (TPSA) is 46.2 Å². The van der Waals surface area contributed by atoms with E-state index in [0.717, 1.165) is 5.56 Å². The first-order chi connectivity index (χ1) is 6.42. The number of hydrogen-bond acceptors (Lipinski definition) is 2. The number of aliphatic hydroxyl groups is 1. The summed E-state index contributed by atoms with van der Waals surface area (Å²) in [4.78, 5) is 0. The summed E-state index contributed by atoms with van der Waals surface area (Å²) in [5, 5.41) is 9.27. The summed E-state index contributed by atoms with van der Waals surface area (Å²) in [6, 6.07) is 10.0. The van der Waals surface area contributed by atoms with Gasteiger partial charge in [0.1, 0.15) is 0 Å². The van der Waals surface area contributed by atoms with E-state index in [1.54, 1.807) is 0 Å². The summed E-state index contributed by atoms with van der Waals surface area (Å²) in [6.07, 6.45) is 0. The van der Waals surface area contributed by atoms with Crippen molar-refractivity contribution in [2.75, 3.05) is 6.61 Å². The largest absolute Gasteiger partial charge is 0.394 e. The quantitative estimate of drug-likeness (QED) is 0.767. The number of rotatable bonds is 3. The van der Waals surface area contributed by atoms with Crippen LogP contribution < -0.4 is 5.73 Å². The fourth-order valence-corrected chi connectivity index (χ4v) is 1.38. The van der Waals surface area contributed by atoms with Crippen molar-refractivity contribution in [3.05, 3.63) is 35.9 Å². The molecular weight excluding hydrogens is 174 g/mol. The van der Waals surface area contributed by atoms with Gasteiger partial charge in [0.15, 0.2) is 0 Å². The lowest BCUT2D eigenvalue weighted by molar-refractivity contribution is 0.146. The first kappa shape index (κ1) is 11.2. The molecule has 1 unspecified atom stereocenters. The first-order valence-corrected chi connectivity index (χ1v) is 4.87. The molecule has 0 saturated carbocycles. The van der Waals surface area contributed by atoms with E-state index in [2.05, 4.69) is 13.8 Å². The van der Waals surface area contributed by atoms with Crippen LogP contribution in [0.2, 0.25) is 0 Å². The first-order valence-electron chi connectivity index (χ1n) is 4.87.